The van der Waals surface area contributed by atoms with Gasteiger partial charge in [-0.15, -0.1) is 11.3 Å². The highest BCUT2D eigenvalue weighted by molar-refractivity contribution is 7.09. The third kappa shape index (κ3) is 2.92. The first-order valence-corrected chi connectivity index (χ1v) is 7.84. The van der Waals surface area contributed by atoms with Crippen LogP contribution in [-0.2, 0) is 10.3 Å². The van der Waals surface area contributed by atoms with Crippen LogP contribution in [0.15, 0.2) is 5.38 Å². The summed E-state index contributed by atoms with van der Waals surface area (Å²) in [4.78, 5) is 4.83. The molecule has 102 valence electrons. The lowest BCUT2D eigenvalue weighted by Gasteiger charge is -2.36. The number of ether oxygens (including phenoxy) is 1. The van der Waals surface area contributed by atoms with Gasteiger partial charge in [-0.25, -0.2) is 4.98 Å². The molecular weight excluding hydrogens is 244 g/mol. The van der Waals surface area contributed by atoms with Crippen LogP contribution in [0.25, 0.3) is 0 Å². The Labute approximate surface area is 114 Å². The van der Waals surface area contributed by atoms with E-state index in [2.05, 4.69) is 31.5 Å². The fourth-order valence-electron chi connectivity index (χ4n) is 2.31. The zero-order valence-corrected chi connectivity index (χ0v) is 12.5. The Balaban J connectivity index is 2.20. The summed E-state index contributed by atoms with van der Waals surface area (Å²) in [6, 6.07) is 0. The summed E-state index contributed by atoms with van der Waals surface area (Å²) in [5.74, 6) is 0.503. The fourth-order valence-corrected chi connectivity index (χ4v) is 3.49. The van der Waals surface area contributed by atoms with Crippen molar-refractivity contribution in [3.8, 4) is 0 Å². The molecule has 1 fully saturated rings. The van der Waals surface area contributed by atoms with E-state index in [9.17, 15) is 0 Å². The number of nitrogens with one attached hydrogen (secondary N) is 1. The average molecular weight is 268 g/mol. The van der Waals surface area contributed by atoms with E-state index >= 15 is 0 Å². The summed E-state index contributed by atoms with van der Waals surface area (Å²) in [5, 5.41) is 7.08. The van der Waals surface area contributed by atoms with Crippen LogP contribution in [0.2, 0.25) is 0 Å². The molecule has 1 aliphatic heterocycles. The molecule has 1 unspecified atom stereocenters. The first-order chi connectivity index (χ1) is 8.68. The Kier molecular flexibility index (Phi) is 4.76. The molecule has 0 radical (unpaired) electrons. The molecule has 1 N–H and O–H groups in total. The van der Waals surface area contributed by atoms with Gasteiger partial charge in [0.1, 0.15) is 5.01 Å². The minimum atomic E-state index is -0.0356. The van der Waals surface area contributed by atoms with Gasteiger partial charge in [-0.05, 0) is 31.7 Å². The van der Waals surface area contributed by atoms with Crippen molar-refractivity contribution in [2.75, 3.05) is 19.8 Å². The Hall–Kier alpha value is -0.450. The number of hydrogen-bond donors (Lipinski definition) is 1. The zero-order valence-electron chi connectivity index (χ0n) is 11.7. The molecule has 1 saturated heterocycles. The van der Waals surface area contributed by atoms with Crippen LogP contribution in [0, 0.1) is 0 Å². The molecule has 1 aliphatic rings. The molecule has 3 nitrogen and oxygen atoms in total. The maximum absolute atomic E-state index is 5.71. The average Bonchev–Trinajstić information content (AvgIpc) is 2.88. The number of thiazole rings is 1. The van der Waals surface area contributed by atoms with Crippen molar-refractivity contribution in [3.05, 3.63) is 16.1 Å². The number of hydrogen-bond acceptors (Lipinski definition) is 4. The van der Waals surface area contributed by atoms with Crippen molar-refractivity contribution in [3.63, 3.8) is 0 Å². The van der Waals surface area contributed by atoms with E-state index in [1.165, 1.54) is 10.7 Å². The van der Waals surface area contributed by atoms with Crippen LogP contribution in [0.1, 0.15) is 56.7 Å². The van der Waals surface area contributed by atoms with Gasteiger partial charge in [0.15, 0.2) is 0 Å². The van der Waals surface area contributed by atoms with Crippen molar-refractivity contribution in [2.45, 2.75) is 51.5 Å². The third-order valence-corrected chi connectivity index (χ3v) is 4.54. The Morgan fingerprint density at radius 2 is 2.39 bits per heavy atom. The van der Waals surface area contributed by atoms with Crippen molar-refractivity contribution in [1.29, 1.82) is 0 Å². The molecule has 1 aromatic rings. The highest BCUT2D eigenvalue weighted by atomic mass is 32.1. The predicted octanol–water partition coefficient (Wildman–Crippen LogP) is 3.27. The molecule has 0 aromatic carbocycles. The van der Waals surface area contributed by atoms with Crippen molar-refractivity contribution < 1.29 is 4.74 Å². The summed E-state index contributed by atoms with van der Waals surface area (Å²) in [5.41, 5.74) is 1.17. The second-order valence-corrected chi connectivity index (χ2v) is 6.26. The lowest BCUT2D eigenvalue weighted by Crippen LogP contribution is -2.49. The summed E-state index contributed by atoms with van der Waals surface area (Å²) in [6.07, 6.45) is 3.40. The van der Waals surface area contributed by atoms with Gasteiger partial charge >= 0.3 is 0 Å². The van der Waals surface area contributed by atoms with E-state index < -0.39 is 0 Å². The van der Waals surface area contributed by atoms with E-state index in [1.807, 2.05) is 0 Å². The summed E-state index contributed by atoms with van der Waals surface area (Å²) >= 11 is 1.78. The van der Waals surface area contributed by atoms with E-state index in [0.29, 0.717) is 5.92 Å². The Morgan fingerprint density at radius 1 is 1.56 bits per heavy atom. The smallest absolute Gasteiger partial charge is 0.115 e. The standard InChI is InChI=1S/C14H24N2OS/c1-4-7-15-14(6-5-8-17-10-14)13-16-12(9-18-13)11(2)3/h9,11,15H,4-8,10H2,1-3H3. The predicted molar refractivity (Wildman–Crippen MR) is 76.2 cm³/mol. The first kappa shape index (κ1) is 14.0. The van der Waals surface area contributed by atoms with Crippen LogP contribution in [-0.4, -0.2) is 24.7 Å². The molecule has 0 amide bonds. The van der Waals surface area contributed by atoms with Gasteiger partial charge in [0, 0.05) is 12.0 Å². The van der Waals surface area contributed by atoms with Gasteiger partial charge in [-0.1, -0.05) is 20.8 Å². The molecule has 4 heteroatoms. The molecule has 2 heterocycles. The number of nitrogens with zero attached hydrogens (tertiary/aromatic N) is 1. The maximum atomic E-state index is 5.71. The van der Waals surface area contributed by atoms with E-state index in [0.717, 1.165) is 39.0 Å². The minimum absolute atomic E-state index is 0.0356. The Bertz CT molecular complexity index is 370. The molecule has 0 saturated carbocycles. The fraction of sp³-hybridized carbons (Fsp3) is 0.786. The highest BCUT2D eigenvalue weighted by Crippen LogP contribution is 2.33. The van der Waals surface area contributed by atoms with Crippen LogP contribution in [0.5, 0.6) is 0 Å². The zero-order chi connectivity index (χ0) is 13.0. The number of aromatic nitrogens is 1. The molecule has 18 heavy (non-hydrogen) atoms. The van der Waals surface area contributed by atoms with Gasteiger partial charge < -0.3 is 10.1 Å². The lowest BCUT2D eigenvalue weighted by atomic mass is 9.92. The normalized spacial score (nSPS) is 24.7. The SMILES string of the molecule is CCCNC1(c2nc(C(C)C)cs2)CCCOC1. The van der Waals surface area contributed by atoms with Crippen LogP contribution >= 0.6 is 11.3 Å². The maximum Gasteiger partial charge on any atom is 0.115 e. The lowest BCUT2D eigenvalue weighted by molar-refractivity contribution is 0.0181. The van der Waals surface area contributed by atoms with E-state index in [-0.39, 0.29) is 5.54 Å². The molecule has 0 aliphatic carbocycles. The van der Waals surface area contributed by atoms with Gasteiger partial charge in [-0.3, -0.25) is 0 Å². The molecule has 0 bridgehead atoms. The highest BCUT2D eigenvalue weighted by Gasteiger charge is 2.37. The van der Waals surface area contributed by atoms with Crippen molar-refractivity contribution in [2.24, 2.45) is 0 Å². The Morgan fingerprint density at radius 3 is 2.94 bits per heavy atom. The van der Waals surface area contributed by atoms with Crippen LogP contribution < -0.4 is 5.32 Å². The second kappa shape index (κ2) is 6.13. The molecule has 1 atom stereocenters. The molecule has 1 aromatic heterocycles. The molecular formula is C14H24N2OS. The summed E-state index contributed by atoms with van der Waals surface area (Å²) in [6.45, 7) is 9.27. The molecule has 2 rings (SSSR count). The molecule has 0 spiro atoms. The monoisotopic (exact) mass is 268 g/mol. The van der Waals surface area contributed by atoms with Gasteiger partial charge in [0.2, 0.25) is 0 Å². The van der Waals surface area contributed by atoms with E-state index in [4.69, 9.17) is 9.72 Å². The third-order valence-electron chi connectivity index (χ3n) is 3.48. The van der Waals surface area contributed by atoms with Crippen LogP contribution in [0.4, 0.5) is 0 Å². The minimum Gasteiger partial charge on any atom is -0.379 e. The summed E-state index contributed by atoms with van der Waals surface area (Å²) < 4.78 is 5.71. The second-order valence-electron chi connectivity index (χ2n) is 5.40. The quantitative estimate of drug-likeness (QED) is 0.890. The first-order valence-electron chi connectivity index (χ1n) is 6.96. The van der Waals surface area contributed by atoms with Crippen LogP contribution in [0.3, 0.4) is 0 Å². The van der Waals surface area contributed by atoms with Crippen molar-refractivity contribution >= 4 is 11.3 Å². The topological polar surface area (TPSA) is 34.2 Å². The van der Waals surface area contributed by atoms with Gasteiger partial charge in [0.05, 0.1) is 17.8 Å². The van der Waals surface area contributed by atoms with Gasteiger partial charge in [0.25, 0.3) is 0 Å². The number of rotatable bonds is 5. The summed E-state index contributed by atoms with van der Waals surface area (Å²) in [7, 11) is 0. The largest absolute Gasteiger partial charge is 0.379 e. The van der Waals surface area contributed by atoms with Gasteiger partial charge in [-0.2, -0.15) is 0 Å². The van der Waals surface area contributed by atoms with Crippen molar-refractivity contribution in [1.82, 2.24) is 10.3 Å². The van der Waals surface area contributed by atoms with E-state index in [1.54, 1.807) is 11.3 Å².